The SMILES string of the molecule is CCc1ncc(CNCc2nnc3ccccn23)s1. The summed E-state index contributed by atoms with van der Waals surface area (Å²) in [7, 11) is 0. The summed E-state index contributed by atoms with van der Waals surface area (Å²) in [5.41, 5.74) is 0.880. The summed E-state index contributed by atoms with van der Waals surface area (Å²) in [5, 5.41) is 12.9. The Morgan fingerprint density at radius 1 is 1.26 bits per heavy atom. The number of pyridine rings is 1. The van der Waals surface area contributed by atoms with Gasteiger partial charge in [-0.25, -0.2) is 4.98 Å². The number of thiazole rings is 1. The maximum Gasteiger partial charge on any atom is 0.160 e. The smallest absolute Gasteiger partial charge is 0.160 e. The third-order valence-corrected chi connectivity index (χ3v) is 4.01. The van der Waals surface area contributed by atoms with Crippen LogP contribution in [0.15, 0.2) is 30.6 Å². The topological polar surface area (TPSA) is 55.1 Å². The monoisotopic (exact) mass is 273 g/mol. The van der Waals surface area contributed by atoms with Gasteiger partial charge in [0.15, 0.2) is 11.5 Å². The Balaban J connectivity index is 1.63. The molecule has 0 saturated carbocycles. The van der Waals surface area contributed by atoms with Crippen molar-refractivity contribution in [3.8, 4) is 0 Å². The molecule has 0 aliphatic rings. The molecule has 0 amide bonds. The number of aromatic nitrogens is 4. The number of hydrogen-bond donors (Lipinski definition) is 1. The molecule has 0 saturated heterocycles. The Kier molecular flexibility index (Phi) is 3.52. The molecule has 0 radical (unpaired) electrons. The van der Waals surface area contributed by atoms with E-state index in [4.69, 9.17) is 0 Å². The van der Waals surface area contributed by atoms with Crippen LogP contribution in [0.5, 0.6) is 0 Å². The van der Waals surface area contributed by atoms with Gasteiger partial charge in [0, 0.05) is 23.8 Å². The predicted molar refractivity (Wildman–Crippen MR) is 75.0 cm³/mol. The first-order valence-corrected chi connectivity index (χ1v) is 7.11. The molecular weight excluding hydrogens is 258 g/mol. The maximum atomic E-state index is 4.35. The quantitative estimate of drug-likeness (QED) is 0.773. The van der Waals surface area contributed by atoms with Crippen LogP contribution in [0.1, 0.15) is 22.6 Å². The number of aryl methyl sites for hydroxylation is 1. The fraction of sp³-hybridized carbons (Fsp3) is 0.308. The molecule has 3 heterocycles. The summed E-state index contributed by atoms with van der Waals surface area (Å²) in [6.07, 6.45) is 4.92. The molecule has 1 N–H and O–H groups in total. The Bertz CT molecular complexity index is 672. The lowest BCUT2D eigenvalue weighted by Gasteiger charge is -2.01. The van der Waals surface area contributed by atoms with Crippen molar-refractivity contribution in [1.82, 2.24) is 24.9 Å². The second-order valence-electron chi connectivity index (χ2n) is 4.22. The standard InChI is InChI=1S/C13H15N5S/c1-2-13-15-8-10(19-13)7-14-9-12-17-16-11-5-3-4-6-18(11)12/h3-6,8,14H,2,7,9H2,1H3. The van der Waals surface area contributed by atoms with Crippen molar-refractivity contribution in [2.24, 2.45) is 0 Å². The minimum absolute atomic E-state index is 0.699. The summed E-state index contributed by atoms with van der Waals surface area (Å²) in [6, 6.07) is 5.90. The summed E-state index contributed by atoms with van der Waals surface area (Å²) < 4.78 is 2.00. The van der Waals surface area contributed by atoms with Gasteiger partial charge in [0.25, 0.3) is 0 Å². The highest BCUT2D eigenvalue weighted by Gasteiger charge is 2.04. The summed E-state index contributed by atoms with van der Waals surface area (Å²) in [4.78, 5) is 5.60. The van der Waals surface area contributed by atoms with Gasteiger partial charge in [-0.15, -0.1) is 21.5 Å². The van der Waals surface area contributed by atoms with Crippen molar-refractivity contribution >= 4 is 17.0 Å². The number of nitrogens with one attached hydrogen (secondary N) is 1. The van der Waals surface area contributed by atoms with Gasteiger partial charge in [0.05, 0.1) is 11.6 Å². The van der Waals surface area contributed by atoms with Crippen LogP contribution in [-0.4, -0.2) is 19.6 Å². The zero-order valence-corrected chi connectivity index (χ0v) is 11.5. The predicted octanol–water partition coefficient (Wildman–Crippen LogP) is 2.04. The summed E-state index contributed by atoms with van der Waals surface area (Å²) >= 11 is 1.76. The molecule has 0 aliphatic carbocycles. The molecule has 0 aromatic carbocycles. The van der Waals surface area contributed by atoms with E-state index in [0.29, 0.717) is 6.54 Å². The van der Waals surface area contributed by atoms with E-state index in [1.165, 1.54) is 9.88 Å². The van der Waals surface area contributed by atoms with Gasteiger partial charge in [0.1, 0.15) is 0 Å². The minimum atomic E-state index is 0.699. The molecule has 3 rings (SSSR count). The molecule has 3 aromatic rings. The molecule has 0 bridgehead atoms. The van der Waals surface area contributed by atoms with Crippen LogP contribution < -0.4 is 5.32 Å². The molecule has 19 heavy (non-hydrogen) atoms. The highest BCUT2D eigenvalue weighted by atomic mass is 32.1. The Morgan fingerprint density at radius 2 is 2.21 bits per heavy atom. The normalized spacial score (nSPS) is 11.2. The lowest BCUT2D eigenvalue weighted by atomic mass is 10.4. The van der Waals surface area contributed by atoms with E-state index in [9.17, 15) is 0 Å². The zero-order valence-electron chi connectivity index (χ0n) is 10.7. The lowest BCUT2D eigenvalue weighted by molar-refractivity contribution is 0.662. The molecule has 0 atom stereocenters. The number of hydrogen-bond acceptors (Lipinski definition) is 5. The van der Waals surface area contributed by atoms with Gasteiger partial charge in [0.2, 0.25) is 0 Å². The third kappa shape index (κ3) is 2.64. The zero-order chi connectivity index (χ0) is 13.1. The fourth-order valence-corrected chi connectivity index (χ4v) is 2.73. The molecule has 98 valence electrons. The third-order valence-electron chi connectivity index (χ3n) is 2.87. The van der Waals surface area contributed by atoms with Crippen molar-refractivity contribution in [2.45, 2.75) is 26.4 Å². The van der Waals surface area contributed by atoms with Crippen LogP contribution in [0.3, 0.4) is 0 Å². The van der Waals surface area contributed by atoms with Crippen molar-refractivity contribution in [3.63, 3.8) is 0 Å². The van der Waals surface area contributed by atoms with E-state index in [1.54, 1.807) is 11.3 Å². The first kappa shape index (κ1) is 12.3. The molecule has 0 unspecified atom stereocenters. The highest BCUT2D eigenvalue weighted by molar-refractivity contribution is 7.11. The number of rotatable bonds is 5. The molecule has 6 heteroatoms. The van der Waals surface area contributed by atoms with E-state index < -0.39 is 0 Å². The molecule has 0 aliphatic heterocycles. The molecular formula is C13H15N5S. The Labute approximate surface area is 115 Å². The lowest BCUT2D eigenvalue weighted by Crippen LogP contribution is -2.14. The van der Waals surface area contributed by atoms with Crippen LogP contribution in [0.2, 0.25) is 0 Å². The van der Waals surface area contributed by atoms with Crippen LogP contribution in [0.4, 0.5) is 0 Å². The second kappa shape index (κ2) is 5.46. The largest absolute Gasteiger partial charge is 0.305 e. The Hall–Kier alpha value is -1.79. The van der Waals surface area contributed by atoms with E-state index in [-0.39, 0.29) is 0 Å². The van der Waals surface area contributed by atoms with Crippen LogP contribution in [-0.2, 0) is 19.5 Å². The average Bonchev–Trinajstić information content (AvgIpc) is 3.06. The van der Waals surface area contributed by atoms with Gasteiger partial charge in [-0.1, -0.05) is 13.0 Å². The molecule has 3 aromatic heterocycles. The first-order valence-electron chi connectivity index (χ1n) is 6.29. The van der Waals surface area contributed by atoms with Crippen LogP contribution in [0.25, 0.3) is 5.65 Å². The van der Waals surface area contributed by atoms with Crippen molar-refractivity contribution < 1.29 is 0 Å². The van der Waals surface area contributed by atoms with Gasteiger partial charge in [-0.3, -0.25) is 4.40 Å². The number of nitrogens with zero attached hydrogens (tertiary/aromatic N) is 4. The van der Waals surface area contributed by atoms with Gasteiger partial charge in [-0.2, -0.15) is 0 Å². The van der Waals surface area contributed by atoms with Gasteiger partial charge < -0.3 is 5.32 Å². The highest BCUT2D eigenvalue weighted by Crippen LogP contribution is 2.13. The van der Waals surface area contributed by atoms with Crippen molar-refractivity contribution in [3.05, 3.63) is 46.3 Å². The summed E-state index contributed by atoms with van der Waals surface area (Å²) in [5.74, 6) is 0.927. The molecule has 5 nitrogen and oxygen atoms in total. The van der Waals surface area contributed by atoms with Gasteiger partial charge in [-0.05, 0) is 18.6 Å². The fourth-order valence-electron chi connectivity index (χ4n) is 1.90. The van der Waals surface area contributed by atoms with E-state index in [0.717, 1.165) is 24.4 Å². The van der Waals surface area contributed by atoms with E-state index >= 15 is 0 Å². The maximum absolute atomic E-state index is 4.35. The first-order chi connectivity index (χ1) is 9.36. The van der Waals surface area contributed by atoms with Crippen LogP contribution in [0, 0.1) is 0 Å². The summed E-state index contributed by atoms with van der Waals surface area (Å²) in [6.45, 7) is 3.64. The Morgan fingerprint density at radius 3 is 3.05 bits per heavy atom. The second-order valence-corrected chi connectivity index (χ2v) is 5.42. The molecule has 0 fully saturated rings. The average molecular weight is 273 g/mol. The minimum Gasteiger partial charge on any atom is -0.305 e. The molecule has 0 spiro atoms. The van der Waals surface area contributed by atoms with Crippen LogP contribution >= 0.6 is 11.3 Å². The van der Waals surface area contributed by atoms with Crippen molar-refractivity contribution in [1.29, 1.82) is 0 Å². The number of fused-ring (bicyclic) bond motifs is 1. The van der Waals surface area contributed by atoms with E-state index in [1.807, 2.05) is 35.0 Å². The van der Waals surface area contributed by atoms with Gasteiger partial charge >= 0.3 is 0 Å². The van der Waals surface area contributed by atoms with Crippen molar-refractivity contribution in [2.75, 3.05) is 0 Å². The van der Waals surface area contributed by atoms with E-state index in [2.05, 4.69) is 27.4 Å².